The Bertz CT molecular complexity index is 662. The van der Waals surface area contributed by atoms with Crippen molar-refractivity contribution in [2.45, 2.75) is 0 Å². The summed E-state index contributed by atoms with van der Waals surface area (Å²) >= 11 is 5.77. The largest absolute Gasteiger partial charge is 0.545 e. The molecule has 1 amide bonds. The number of carbonyl (C=O) groups is 2. The van der Waals surface area contributed by atoms with Gasteiger partial charge in [0.1, 0.15) is 5.76 Å². The molecule has 0 fully saturated rings. The number of rotatable bonds is 4. The van der Waals surface area contributed by atoms with Crippen LogP contribution in [0.15, 0.2) is 47.1 Å². The van der Waals surface area contributed by atoms with E-state index in [2.05, 4.69) is 5.32 Å². The van der Waals surface area contributed by atoms with Crippen LogP contribution in [0.4, 0.5) is 5.69 Å². The summed E-state index contributed by atoms with van der Waals surface area (Å²) in [6, 6.07) is 7.37. The number of nitrogens with one attached hydrogen (secondary N) is 1. The lowest BCUT2D eigenvalue weighted by Crippen LogP contribution is -2.24. The van der Waals surface area contributed by atoms with Crippen LogP contribution in [-0.4, -0.2) is 11.9 Å². The van der Waals surface area contributed by atoms with Crippen molar-refractivity contribution in [3.05, 3.63) is 59.0 Å². The molecule has 2 aromatic rings. The lowest BCUT2D eigenvalue weighted by Gasteiger charge is -2.10. The van der Waals surface area contributed by atoms with Crippen LogP contribution in [0.1, 0.15) is 16.1 Å². The molecule has 5 nitrogen and oxygen atoms in total. The van der Waals surface area contributed by atoms with E-state index in [9.17, 15) is 14.7 Å². The molecule has 20 heavy (non-hydrogen) atoms. The molecule has 6 heteroatoms. The monoisotopic (exact) mass is 290 g/mol. The Labute approximate surface area is 119 Å². The van der Waals surface area contributed by atoms with E-state index in [0.717, 1.165) is 0 Å². The van der Waals surface area contributed by atoms with Crippen molar-refractivity contribution in [1.29, 1.82) is 0 Å². The van der Waals surface area contributed by atoms with Crippen LogP contribution in [0.25, 0.3) is 6.08 Å². The Balaban J connectivity index is 2.15. The van der Waals surface area contributed by atoms with Crippen molar-refractivity contribution in [2.75, 3.05) is 5.32 Å². The van der Waals surface area contributed by atoms with Crippen molar-refractivity contribution < 1.29 is 19.1 Å². The summed E-state index contributed by atoms with van der Waals surface area (Å²) in [5.74, 6) is -1.40. The molecule has 0 unspecified atom stereocenters. The van der Waals surface area contributed by atoms with Gasteiger partial charge < -0.3 is 19.6 Å². The summed E-state index contributed by atoms with van der Waals surface area (Å²) in [5.41, 5.74) is -0.0688. The van der Waals surface area contributed by atoms with Crippen molar-refractivity contribution in [1.82, 2.24) is 0 Å². The van der Waals surface area contributed by atoms with E-state index in [0.29, 0.717) is 10.8 Å². The van der Waals surface area contributed by atoms with E-state index in [1.165, 1.54) is 36.6 Å². The maximum Gasteiger partial charge on any atom is 0.248 e. The summed E-state index contributed by atoms with van der Waals surface area (Å²) in [7, 11) is 0. The number of hydrogen-bond acceptors (Lipinski definition) is 4. The van der Waals surface area contributed by atoms with Gasteiger partial charge in [-0.15, -0.1) is 0 Å². The zero-order valence-corrected chi connectivity index (χ0v) is 10.9. The predicted octanol–water partition coefficient (Wildman–Crippen LogP) is 1.95. The van der Waals surface area contributed by atoms with Gasteiger partial charge in [-0.3, -0.25) is 4.79 Å². The molecular weight excluding hydrogens is 282 g/mol. The molecule has 0 atom stereocenters. The summed E-state index contributed by atoms with van der Waals surface area (Å²) < 4.78 is 5.02. The quantitative estimate of drug-likeness (QED) is 0.873. The maximum absolute atomic E-state index is 11.7. The number of halogens is 1. The minimum atomic E-state index is -1.40. The zero-order valence-electron chi connectivity index (χ0n) is 10.1. The van der Waals surface area contributed by atoms with Gasteiger partial charge in [-0.1, -0.05) is 11.6 Å². The summed E-state index contributed by atoms with van der Waals surface area (Å²) in [5, 5.41) is 13.6. The van der Waals surface area contributed by atoms with Crippen LogP contribution in [0.2, 0.25) is 5.02 Å². The fourth-order valence-corrected chi connectivity index (χ4v) is 1.69. The van der Waals surface area contributed by atoms with Crippen LogP contribution in [0.3, 0.4) is 0 Å². The number of aromatic carboxylic acids is 1. The van der Waals surface area contributed by atoms with Crippen molar-refractivity contribution in [3.63, 3.8) is 0 Å². The number of benzene rings is 1. The van der Waals surface area contributed by atoms with E-state index in [1.54, 1.807) is 12.1 Å². The molecule has 0 aliphatic heterocycles. The highest BCUT2D eigenvalue weighted by atomic mass is 35.5. The Morgan fingerprint density at radius 1 is 1.30 bits per heavy atom. The molecule has 0 radical (unpaired) electrons. The van der Waals surface area contributed by atoms with Crippen LogP contribution < -0.4 is 10.4 Å². The molecule has 1 aromatic carbocycles. The summed E-state index contributed by atoms with van der Waals surface area (Å²) in [4.78, 5) is 22.6. The average Bonchev–Trinajstić information content (AvgIpc) is 2.89. The third-order valence-corrected chi connectivity index (χ3v) is 2.64. The highest BCUT2D eigenvalue weighted by molar-refractivity contribution is 6.31. The van der Waals surface area contributed by atoms with E-state index >= 15 is 0 Å². The number of anilines is 1. The van der Waals surface area contributed by atoms with E-state index in [1.807, 2.05) is 0 Å². The molecule has 1 heterocycles. The third-order valence-electron chi connectivity index (χ3n) is 2.40. The standard InChI is InChI=1S/C14H10ClNO4/c15-9-3-5-11(14(18)19)12(8-9)16-13(17)6-4-10-2-1-7-20-10/h1-8H,(H,16,17)(H,18,19)/p-1. The van der Waals surface area contributed by atoms with E-state index in [4.69, 9.17) is 16.0 Å². The second kappa shape index (κ2) is 6.08. The normalized spacial score (nSPS) is 10.7. The van der Waals surface area contributed by atoms with Gasteiger partial charge in [-0.25, -0.2) is 0 Å². The number of carbonyl (C=O) groups excluding carboxylic acids is 2. The third kappa shape index (κ3) is 3.49. The molecule has 102 valence electrons. The smallest absolute Gasteiger partial charge is 0.248 e. The molecule has 1 N–H and O–H groups in total. The van der Waals surface area contributed by atoms with Crippen LogP contribution in [-0.2, 0) is 4.79 Å². The molecule has 0 spiro atoms. The molecule has 0 saturated carbocycles. The van der Waals surface area contributed by atoms with Gasteiger partial charge in [0.2, 0.25) is 5.91 Å². The molecule has 0 aliphatic carbocycles. The van der Waals surface area contributed by atoms with Gasteiger partial charge in [0.15, 0.2) is 0 Å². The van der Waals surface area contributed by atoms with Crippen LogP contribution in [0.5, 0.6) is 0 Å². The first-order valence-electron chi connectivity index (χ1n) is 5.60. The number of carboxylic acids is 1. The lowest BCUT2D eigenvalue weighted by atomic mass is 10.2. The Hall–Kier alpha value is -2.53. The SMILES string of the molecule is O=C(C=Cc1ccco1)Nc1cc(Cl)ccc1C(=O)[O-]. The molecule has 0 saturated heterocycles. The minimum Gasteiger partial charge on any atom is -0.545 e. The highest BCUT2D eigenvalue weighted by Crippen LogP contribution is 2.20. The van der Waals surface area contributed by atoms with Gasteiger partial charge in [0.05, 0.1) is 17.9 Å². The van der Waals surface area contributed by atoms with Crippen LogP contribution in [0, 0.1) is 0 Å². The van der Waals surface area contributed by atoms with Crippen molar-refractivity contribution >= 4 is 35.2 Å². The number of hydrogen-bond donors (Lipinski definition) is 1. The summed E-state index contributed by atoms with van der Waals surface area (Å²) in [6.07, 6.45) is 4.15. The lowest BCUT2D eigenvalue weighted by molar-refractivity contribution is -0.254. The number of carboxylic acid groups (broad SMARTS) is 1. The van der Waals surface area contributed by atoms with Crippen LogP contribution >= 0.6 is 11.6 Å². The van der Waals surface area contributed by atoms with Gasteiger partial charge >= 0.3 is 0 Å². The maximum atomic E-state index is 11.7. The highest BCUT2D eigenvalue weighted by Gasteiger charge is 2.07. The molecule has 0 aliphatic rings. The fourth-order valence-electron chi connectivity index (χ4n) is 1.52. The molecule has 1 aromatic heterocycles. The zero-order chi connectivity index (χ0) is 14.5. The Morgan fingerprint density at radius 2 is 2.10 bits per heavy atom. The second-order valence-electron chi connectivity index (χ2n) is 3.82. The topological polar surface area (TPSA) is 82.4 Å². The Morgan fingerprint density at radius 3 is 2.75 bits per heavy atom. The fraction of sp³-hybridized carbons (Fsp3) is 0. The molecule has 2 rings (SSSR count). The first kappa shape index (κ1) is 13.9. The average molecular weight is 291 g/mol. The van der Waals surface area contributed by atoms with Gasteiger partial charge in [0.25, 0.3) is 0 Å². The Kier molecular flexibility index (Phi) is 4.22. The van der Waals surface area contributed by atoms with E-state index < -0.39 is 11.9 Å². The van der Waals surface area contributed by atoms with Crippen molar-refractivity contribution in [2.24, 2.45) is 0 Å². The first-order chi connectivity index (χ1) is 9.56. The summed E-state index contributed by atoms with van der Waals surface area (Å²) in [6.45, 7) is 0. The first-order valence-corrected chi connectivity index (χ1v) is 5.97. The van der Waals surface area contributed by atoms with Gasteiger partial charge in [0, 0.05) is 16.7 Å². The number of furan rings is 1. The van der Waals surface area contributed by atoms with Crippen molar-refractivity contribution in [3.8, 4) is 0 Å². The molecule has 0 bridgehead atoms. The van der Waals surface area contributed by atoms with Gasteiger partial charge in [-0.05, 0) is 36.4 Å². The number of amides is 1. The minimum absolute atomic E-state index is 0.0756. The predicted molar refractivity (Wildman–Crippen MR) is 72.2 cm³/mol. The molecular formula is C14H9ClNO4-. The van der Waals surface area contributed by atoms with E-state index in [-0.39, 0.29) is 11.3 Å². The second-order valence-corrected chi connectivity index (χ2v) is 4.25. The van der Waals surface area contributed by atoms with Gasteiger partial charge in [-0.2, -0.15) is 0 Å².